The highest BCUT2D eigenvalue weighted by Crippen LogP contribution is 2.53. The van der Waals surface area contributed by atoms with E-state index in [9.17, 15) is 4.79 Å². The minimum atomic E-state index is -0.462. The summed E-state index contributed by atoms with van der Waals surface area (Å²) in [6.45, 7) is 1.08. The molecule has 1 spiro atoms. The maximum atomic E-state index is 12.0. The van der Waals surface area contributed by atoms with Gasteiger partial charge >= 0.3 is 5.97 Å². The number of fused-ring (bicyclic) bond motifs is 3. The van der Waals surface area contributed by atoms with Gasteiger partial charge in [-0.2, -0.15) is 5.26 Å². The van der Waals surface area contributed by atoms with Crippen LogP contribution in [0.1, 0.15) is 38.5 Å². The van der Waals surface area contributed by atoms with Gasteiger partial charge in [-0.1, -0.05) is 24.3 Å². The number of nitriles is 1. The standard InChI is InChI=1S/C18H18N2O2/c19-8-4-1-2-6-13-10-14-12-18(15(13)11-17(21)22-18)16-7-3-5-9-20(14)16/h10-11,14,16H,1,3-5,7,9,12H2/t14-,16-,18+/m1/s1. The summed E-state index contributed by atoms with van der Waals surface area (Å²) in [6, 6.07) is 2.74. The van der Waals surface area contributed by atoms with Crippen LogP contribution in [0.15, 0.2) is 23.3 Å². The van der Waals surface area contributed by atoms with Crippen molar-refractivity contribution in [2.24, 2.45) is 0 Å². The molecule has 1 aliphatic carbocycles. The fraction of sp³-hybridized carbons (Fsp3) is 0.556. The van der Waals surface area contributed by atoms with Crippen molar-refractivity contribution in [2.75, 3.05) is 6.54 Å². The number of carbonyl (C=O) groups is 1. The first kappa shape index (κ1) is 13.6. The third kappa shape index (κ3) is 1.84. The van der Waals surface area contributed by atoms with Crippen molar-refractivity contribution < 1.29 is 9.53 Å². The summed E-state index contributed by atoms with van der Waals surface area (Å²) in [7, 11) is 0. The predicted molar refractivity (Wildman–Crippen MR) is 80.4 cm³/mol. The number of unbranched alkanes of at least 4 members (excludes halogenated alkanes) is 1. The van der Waals surface area contributed by atoms with Crippen LogP contribution in [0.5, 0.6) is 0 Å². The Morgan fingerprint density at radius 2 is 2.32 bits per heavy atom. The normalized spacial score (nSPS) is 35.3. The molecule has 2 bridgehead atoms. The van der Waals surface area contributed by atoms with Crippen molar-refractivity contribution in [3.05, 3.63) is 23.3 Å². The molecule has 0 amide bonds. The Labute approximate surface area is 130 Å². The monoisotopic (exact) mass is 294 g/mol. The molecule has 2 saturated heterocycles. The van der Waals surface area contributed by atoms with Crippen molar-refractivity contribution >= 4 is 5.97 Å². The lowest BCUT2D eigenvalue weighted by atomic mass is 9.77. The number of ether oxygens (including phenoxy) is 1. The van der Waals surface area contributed by atoms with Gasteiger partial charge in [-0.15, -0.1) is 0 Å². The highest BCUT2D eigenvalue weighted by molar-refractivity contribution is 5.90. The zero-order valence-corrected chi connectivity index (χ0v) is 12.5. The SMILES string of the molecule is N#CCCC#CC1=C[C@@H]2C[C@@]3(OC(=O)C=C13)[C@H]1CCCCN21. The molecule has 2 fully saturated rings. The summed E-state index contributed by atoms with van der Waals surface area (Å²) in [5.74, 6) is 6.02. The van der Waals surface area contributed by atoms with Gasteiger partial charge in [-0.3, -0.25) is 4.90 Å². The summed E-state index contributed by atoms with van der Waals surface area (Å²) in [6.07, 6.45) is 9.23. The third-order valence-electron chi connectivity index (χ3n) is 5.26. The number of esters is 1. The van der Waals surface area contributed by atoms with Gasteiger partial charge in [0.05, 0.1) is 12.1 Å². The van der Waals surface area contributed by atoms with E-state index in [0.29, 0.717) is 24.9 Å². The van der Waals surface area contributed by atoms with E-state index in [1.165, 1.54) is 12.8 Å². The van der Waals surface area contributed by atoms with Crippen LogP contribution in [-0.2, 0) is 9.53 Å². The molecule has 4 heteroatoms. The van der Waals surface area contributed by atoms with E-state index in [-0.39, 0.29) is 5.97 Å². The topological polar surface area (TPSA) is 53.3 Å². The van der Waals surface area contributed by atoms with E-state index in [4.69, 9.17) is 10.00 Å². The van der Waals surface area contributed by atoms with Crippen molar-refractivity contribution in [2.45, 2.75) is 56.2 Å². The molecule has 3 atom stereocenters. The maximum Gasteiger partial charge on any atom is 0.332 e. The Bertz CT molecular complexity index is 688. The Kier molecular flexibility index (Phi) is 3.10. The average molecular weight is 294 g/mol. The highest BCUT2D eigenvalue weighted by atomic mass is 16.6. The highest BCUT2D eigenvalue weighted by Gasteiger charge is 2.61. The second kappa shape index (κ2) is 5.00. The molecule has 4 nitrogen and oxygen atoms in total. The molecular formula is C18H18N2O2. The zero-order chi connectivity index (χ0) is 15.2. The molecule has 0 saturated carbocycles. The number of hydrogen-bond donors (Lipinski definition) is 0. The van der Waals surface area contributed by atoms with Gasteiger partial charge in [0, 0.05) is 42.5 Å². The molecule has 4 aliphatic rings. The van der Waals surface area contributed by atoms with Gasteiger partial charge in [-0.25, -0.2) is 4.79 Å². The van der Waals surface area contributed by atoms with Crippen molar-refractivity contribution in [3.8, 4) is 17.9 Å². The average Bonchev–Trinajstić information content (AvgIpc) is 3.00. The Morgan fingerprint density at radius 3 is 3.18 bits per heavy atom. The van der Waals surface area contributed by atoms with Crippen LogP contribution in [0, 0.1) is 23.2 Å². The lowest BCUT2D eigenvalue weighted by Crippen LogP contribution is -2.48. The lowest BCUT2D eigenvalue weighted by Gasteiger charge is -2.38. The molecule has 0 N–H and O–H groups in total. The summed E-state index contributed by atoms with van der Waals surface area (Å²) < 4.78 is 5.84. The van der Waals surface area contributed by atoms with Crippen molar-refractivity contribution in [3.63, 3.8) is 0 Å². The van der Waals surface area contributed by atoms with E-state index < -0.39 is 5.60 Å². The van der Waals surface area contributed by atoms with Gasteiger partial charge in [0.25, 0.3) is 0 Å². The van der Waals surface area contributed by atoms with Gasteiger partial charge in [0.1, 0.15) is 0 Å². The molecule has 4 rings (SSSR count). The van der Waals surface area contributed by atoms with Crippen LogP contribution in [0.4, 0.5) is 0 Å². The molecule has 22 heavy (non-hydrogen) atoms. The fourth-order valence-electron chi connectivity index (χ4n) is 4.45. The number of carbonyl (C=O) groups excluding carboxylic acids is 1. The van der Waals surface area contributed by atoms with E-state index >= 15 is 0 Å². The molecular weight excluding hydrogens is 276 g/mol. The minimum Gasteiger partial charge on any atom is -0.449 e. The molecule has 3 aliphatic heterocycles. The molecule has 0 aromatic heterocycles. The first-order valence-electron chi connectivity index (χ1n) is 8.03. The summed E-state index contributed by atoms with van der Waals surface area (Å²) in [4.78, 5) is 14.5. The van der Waals surface area contributed by atoms with Crippen molar-refractivity contribution in [1.29, 1.82) is 5.26 Å². The van der Waals surface area contributed by atoms with Gasteiger partial charge < -0.3 is 4.74 Å². The van der Waals surface area contributed by atoms with E-state index in [0.717, 1.165) is 30.5 Å². The lowest BCUT2D eigenvalue weighted by molar-refractivity contribution is -0.148. The predicted octanol–water partition coefficient (Wildman–Crippen LogP) is 2.08. The molecule has 0 radical (unpaired) electrons. The number of piperidine rings is 1. The van der Waals surface area contributed by atoms with E-state index in [2.05, 4.69) is 28.9 Å². The molecule has 0 aromatic rings. The third-order valence-corrected chi connectivity index (χ3v) is 5.26. The van der Waals surface area contributed by atoms with Gasteiger partial charge in [-0.05, 0) is 19.4 Å². The van der Waals surface area contributed by atoms with Gasteiger partial charge in [0.2, 0.25) is 0 Å². The summed E-state index contributed by atoms with van der Waals surface area (Å²) in [5.41, 5.74) is 1.46. The number of nitrogens with zero attached hydrogens (tertiary/aromatic N) is 2. The van der Waals surface area contributed by atoms with Crippen LogP contribution >= 0.6 is 0 Å². The number of rotatable bonds is 1. The summed E-state index contributed by atoms with van der Waals surface area (Å²) >= 11 is 0. The molecule has 0 aromatic carbocycles. The molecule has 0 unspecified atom stereocenters. The van der Waals surface area contributed by atoms with E-state index in [1.54, 1.807) is 6.08 Å². The Balaban J connectivity index is 1.72. The fourth-order valence-corrected chi connectivity index (χ4v) is 4.45. The molecule has 112 valence electrons. The smallest absolute Gasteiger partial charge is 0.332 e. The molecule has 3 heterocycles. The van der Waals surface area contributed by atoms with Crippen LogP contribution in [0.25, 0.3) is 0 Å². The van der Waals surface area contributed by atoms with Crippen LogP contribution < -0.4 is 0 Å². The van der Waals surface area contributed by atoms with Crippen LogP contribution in [-0.4, -0.2) is 35.1 Å². The quantitative estimate of drug-likeness (QED) is 0.422. The van der Waals surface area contributed by atoms with Crippen molar-refractivity contribution in [1.82, 2.24) is 4.90 Å². The van der Waals surface area contributed by atoms with E-state index in [1.807, 2.05) is 0 Å². The second-order valence-electron chi connectivity index (χ2n) is 6.43. The Hall–Kier alpha value is -2.04. The largest absolute Gasteiger partial charge is 0.449 e. The number of hydrogen-bond acceptors (Lipinski definition) is 4. The minimum absolute atomic E-state index is 0.229. The first-order valence-corrected chi connectivity index (χ1v) is 8.03. The first-order chi connectivity index (χ1) is 10.7. The second-order valence-corrected chi connectivity index (χ2v) is 6.43. The van der Waals surface area contributed by atoms with Crippen LogP contribution in [0.3, 0.4) is 0 Å². The maximum absolute atomic E-state index is 12.0. The van der Waals surface area contributed by atoms with Crippen LogP contribution in [0.2, 0.25) is 0 Å². The summed E-state index contributed by atoms with van der Waals surface area (Å²) in [5, 5.41) is 8.61. The van der Waals surface area contributed by atoms with Gasteiger partial charge in [0.15, 0.2) is 5.60 Å². The zero-order valence-electron chi connectivity index (χ0n) is 12.5. The Morgan fingerprint density at radius 1 is 1.41 bits per heavy atom.